The number of halogens is 3. The van der Waals surface area contributed by atoms with E-state index in [0.29, 0.717) is 26.2 Å². The number of carboxylic acids is 1. The minimum absolute atomic E-state index is 0.0709. The number of aliphatic carboxylic acids is 1. The quantitative estimate of drug-likeness (QED) is 0.688. The largest absolute Gasteiger partial charge is 0.490 e. The molecule has 1 amide bonds. The maximum absolute atomic E-state index is 12.3. The van der Waals surface area contributed by atoms with Crippen LogP contribution in [0.15, 0.2) is 24.4 Å². The first kappa shape index (κ1) is 23.0. The summed E-state index contributed by atoms with van der Waals surface area (Å²) in [5.74, 6) is -3.24. The zero-order chi connectivity index (χ0) is 21.8. The van der Waals surface area contributed by atoms with Crippen LogP contribution in [-0.4, -0.2) is 72.9 Å². The number of rotatable bonds is 4. The van der Waals surface area contributed by atoms with E-state index in [0.717, 1.165) is 5.69 Å². The highest BCUT2D eigenvalue weighted by Crippen LogP contribution is 2.34. The highest BCUT2D eigenvalue weighted by Gasteiger charge is 2.48. The minimum Gasteiger partial charge on any atom is -0.475 e. The molecular weight excluding hydrogens is 419 g/mol. The summed E-state index contributed by atoms with van der Waals surface area (Å²) in [5, 5.41) is 9.98. The second kappa shape index (κ2) is 9.05. The van der Waals surface area contributed by atoms with Gasteiger partial charge in [-0.25, -0.2) is 13.2 Å². The number of hydrogen-bond acceptors (Lipinski definition) is 6. The van der Waals surface area contributed by atoms with Crippen molar-refractivity contribution >= 4 is 21.9 Å². The average molecular weight is 439 g/mol. The summed E-state index contributed by atoms with van der Waals surface area (Å²) in [6.45, 7) is 1.41. The fraction of sp³-hybridized carbons (Fsp3) is 0.562. The number of carboxylic acid groups (broad SMARTS) is 1. The second-order valence-electron chi connectivity index (χ2n) is 6.56. The number of alkyl halides is 3. The van der Waals surface area contributed by atoms with Crippen LogP contribution in [0.2, 0.25) is 0 Å². The van der Waals surface area contributed by atoms with Crippen LogP contribution >= 0.6 is 0 Å². The number of pyridine rings is 1. The molecule has 2 aliphatic rings. The lowest BCUT2D eigenvalue weighted by atomic mass is 9.92. The third kappa shape index (κ3) is 6.37. The summed E-state index contributed by atoms with van der Waals surface area (Å²) in [7, 11) is -3.24. The topological polar surface area (TPSA) is 126 Å². The van der Waals surface area contributed by atoms with Crippen molar-refractivity contribution in [2.24, 2.45) is 11.8 Å². The molecule has 3 heterocycles. The SMILES string of the molecule is CS(=O)(=O)N1C[C@H]2[C@@H](C1)OC[C@H]2C(=O)NCc1ccccn1.O=C(O)C(F)(F)F. The first-order valence-corrected chi connectivity index (χ1v) is 10.3. The minimum atomic E-state index is -5.08. The number of ether oxygens (including phenoxy) is 1. The fourth-order valence-corrected chi connectivity index (χ4v) is 3.89. The molecule has 9 nitrogen and oxygen atoms in total. The number of fused-ring (bicyclic) bond motifs is 1. The van der Waals surface area contributed by atoms with Crippen molar-refractivity contribution in [3.05, 3.63) is 30.1 Å². The van der Waals surface area contributed by atoms with Gasteiger partial charge in [0.15, 0.2) is 0 Å². The van der Waals surface area contributed by atoms with Gasteiger partial charge in [0.25, 0.3) is 0 Å². The summed E-state index contributed by atoms with van der Waals surface area (Å²) < 4.78 is 62.0. The third-order valence-corrected chi connectivity index (χ3v) is 5.74. The molecule has 13 heteroatoms. The van der Waals surface area contributed by atoms with Crippen LogP contribution in [0.3, 0.4) is 0 Å². The predicted molar refractivity (Wildman–Crippen MR) is 92.9 cm³/mol. The monoisotopic (exact) mass is 439 g/mol. The van der Waals surface area contributed by atoms with E-state index in [9.17, 15) is 26.4 Å². The zero-order valence-corrected chi connectivity index (χ0v) is 16.1. The van der Waals surface area contributed by atoms with Gasteiger partial charge in [0.1, 0.15) is 0 Å². The van der Waals surface area contributed by atoms with Crippen LogP contribution in [0.4, 0.5) is 13.2 Å². The molecule has 3 rings (SSSR count). The molecule has 0 radical (unpaired) electrons. The number of nitrogens with one attached hydrogen (secondary N) is 1. The number of carbonyl (C=O) groups is 2. The van der Waals surface area contributed by atoms with Crippen molar-refractivity contribution in [3.63, 3.8) is 0 Å². The van der Waals surface area contributed by atoms with E-state index >= 15 is 0 Å². The summed E-state index contributed by atoms with van der Waals surface area (Å²) in [6.07, 6.45) is -2.40. The van der Waals surface area contributed by atoms with Crippen LogP contribution in [0.1, 0.15) is 5.69 Å². The van der Waals surface area contributed by atoms with E-state index < -0.39 is 22.2 Å². The van der Waals surface area contributed by atoms with Crippen molar-refractivity contribution in [2.75, 3.05) is 26.0 Å². The van der Waals surface area contributed by atoms with Gasteiger partial charge in [0, 0.05) is 25.2 Å². The van der Waals surface area contributed by atoms with Gasteiger partial charge >= 0.3 is 12.1 Å². The Morgan fingerprint density at radius 2 is 2.00 bits per heavy atom. The van der Waals surface area contributed by atoms with Gasteiger partial charge in [-0.1, -0.05) is 6.07 Å². The molecule has 3 atom stereocenters. The van der Waals surface area contributed by atoms with Gasteiger partial charge < -0.3 is 15.2 Å². The molecule has 2 fully saturated rings. The van der Waals surface area contributed by atoms with Gasteiger partial charge in [-0.05, 0) is 12.1 Å². The van der Waals surface area contributed by atoms with Gasteiger partial charge in [0.05, 0.1) is 37.1 Å². The van der Waals surface area contributed by atoms with Crippen molar-refractivity contribution < 1.29 is 41.0 Å². The Hall–Kier alpha value is -2.25. The van der Waals surface area contributed by atoms with E-state index in [4.69, 9.17) is 14.6 Å². The molecule has 29 heavy (non-hydrogen) atoms. The first-order chi connectivity index (χ1) is 13.4. The Bertz CT molecular complexity index is 834. The summed E-state index contributed by atoms with van der Waals surface area (Å²) in [5.41, 5.74) is 0.787. The standard InChI is InChI=1S/C14H19N3O4S.C2HF3O2/c1-22(19,20)17-7-11-12(9-21-13(11)8-17)14(18)16-6-10-4-2-3-5-15-10;3-2(4,5)1(6)7/h2-5,11-13H,6-9H2,1H3,(H,16,18);(H,6,7)/t11-,12-,13-;/m1./s1. The second-order valence-corrected chi connectivity index (χ2v) is 8.55. The predicted octanol–water partition coefficient (Wildman–Crippen LogP) is 0.237. The number of aromatic nitrogens is 1. The van der Waals surface area contributed by atoms with Gasteiger partial charge in [0.2, 0.25) is 15.9 Å². The summed E-state index contributed by atoms with van der Waals surface area (Å²) in [4.78, 5) is 25.4. The molecule has 162 valence electrons. The van der Waals surface area contributed by atoms with E-state index in [-0.39, 0.29) is 23.8 Å². The lowest BCUT2D eigenvalue weighted by Crippen LogP contribution is -2.37. The molecule has 0 unspecified atom stereocenters. The number of hydrogen-bond donors (Lipinski definition) is 2. The van der Waals surface area contributed by atoms with Gasteiger partial charge in [-0.15, -0.1) is 0 Å². The Morgan fingerprint density at radius 3 is 2.52 bits per heavy atom. The van der Waals surface area contributed by atoms with Crippen molar-refractivity contribution in [1.29, 1.82) is 0 Å². The Balaban J connectivity index is 0.000000370. The highest BCUT2D eigenvalue weighted by atomic mass is 32.2. The maximum atomic E-state index is 12.3. The molecule has 0 bridgehead atoms. The number of nitrogens with zero attached hydrogens (tertiary/aromatic N) is 2. The smallest absolute Gasteiger partial charge is 0.475 e. The highest BCUT2D eigenvalue weighted by molar-refractivity contribution is 7.88. The number of amides is 1. The van der Waals surface area contributed by atoms with E-state index in [1.54, 1.807) is 6.20 Å². The molecule has 2 saturated heterocycles. The van der Waals surface area contributed by atoms with Crippen molar-refractivity contribution in [1.82, 2.24) is 14.6 Å². The van der Waals surface area contributed by atoms with Crippen LogP contribution < -0.4 is 5.32 Å². The lowest BCUT2D eigenvalue weighted by molar-refractivity contribution is -0.192. The van der Waals surface area contributed by atoms with Crippen LogP contribution in [0.25, 0.3) is 0 Å². The fourth-order valence-electron chi connectivity index (χ4n) is 3.03. The van der Waals surface area contributed by atoms with Gasteiger partial charge in [-0.2, -0.15) is 17.5 Å². The molecule has 0 aromatic carbocycles. The lowest BCUT2D eigenvalue weighted by Gasteiger charge is -2.17. The van der Waals surface area contributed by atoms with Crippen molar-refractivity contribution in [3.8, 4) is 0 Å². The summed E-state index contributed by atoms with van der Waals surface area (Å²) in [6, 6.07) is 5.53. The Labute approximate surface area is 164 Å². The number of sulfonamides is 1. The molecule has 1 aromatic rings. The molecule has 0 saturated carbocycles. The molecular formula is C16H20F3N3O6S. The van der Waals surface area contributed by atoms with Crippen molar-refractivity contribution in [2.45, 2.75) is 18.8 Å². The summed E-state index contributed by atoms with van der Waals surface area (Å²) >= 11 is 0. The van der Waals surface area contributed by atoms with Crippen LogP contribution in [0.5, 0.6) is 0 Å². The number of carbonyl (C=O) groups excluding carboxylic acids is 1. The maximum Gasteiger partial charge on any atom is 0.490 e. The average Bonchev–Trinajstić information content (AvgIpc) is 3.20. The van der Waals surface area contributed by atoms with Gasteiger partial charge in [-0.3, -0.25) is 9.78 Å². The molecule has 0 aliphatic carbocycles. The molecule has 2 N–H and O–H groups in total. The van der Waals surface area contributed by atoms with Crippen LogP contribution in [-0.2, 0) is 30.9 Å². The zero-order valence-electron chi connectivity index (χ0n) is 15.3. The molecule has 0 spiro atoms. The third-order valence-electron chi connectivity index (χ3n) is 4.50. The molecule has 2 aliphatic heterocycles. The van der Waals surface area contributed by atoms with E-state index in [1.165, 1.54) is 10.6 Å². The van der Waals surface area contributed by atoms with Crippen LogP contribution in [0, 0.1) is 11.8 Å². The van der Waals surface area contributed by atoms with E-state index in [1.807, 2.05) is 18.2 Å². The van der Waals surface area contributed by atoms with E-state index in [2.05, 4.69) is 10.3 Å². The Kier molecular flexibility index (Phi) is 7.19. The normalized spacial score (nSPS) is 24.3. The Morgan fingerprint density at radius 1 is 1.34 bits per heavy atom. The molecule has 1 aromatic heterocycles. The first-order valence-electron chi connectivity index (χ1n) is 8.44.